The van der Waals surface area contributed by atoms with E-state index in [1.165, 1.54) is 25.7 Å². The predicted molar refractivity (Wildman–Crippen MR) is 79.8 cm³/mol. The van der Waals surface area contributed by atoms with E-state index >= 15 is 0 Å². The van der Waals surface area contributed by atoms with Gasteiger partial charge in [0.15, 0.2) is 0 Å². The maximum atomic E-state index is 8.75. The Balaban J connectivity index is 1.87. The lowest BCUT2D eigenvalue weighted by atomic mass is 9.97. The Morgan fingerprint density at radius 1 is 1.32 bits per heavy atom. The molecule has 1 aliphatic rings. The van der Waals surface area contributed by atoms with E-state index in [0.29, 0.717) is 12.1 Å². The molecule has 1 aromatic rings. The van der Waals surface area contributed by atoms with E-state index in [4.69, 9.17) is 11.0 Å². The lowest BCUT2D eigenvalue weighted by molar-refractivity contribution is 0.679. The Hall–Kier alpha value is -1.95. The minimum Gasteiger partial charge on any atom is -0.398 e. The number of anilines is 2. The fourth-order valence-corrected chi connectivity index (χ4v) is 2.45. The van der Waals surface area contributed by atoms with Gasteiger partial charge < -0.3 is 11.1 Å². The van der Waals surface area contributed by atoms with E-state index in [1.54, 1.807) is 5.57 Å². The fourth-order valence-electron chi connectivity index (χ4n) is 2.45. The molecule has 0 fully saturated rings. The van der Waals surface area contributed by atoms with Gasteiger partial charge in [0, 0.05) is 17.9 Å². The van der Waals surface area contributed by atoms with Crippen molar-refractivity contribution in [2.45, 2.75) is 38.5 Å². The van der Waals surface area contributed by atoms with Crippen molar-refractivity contribution >= 4 is 11.4 Å². The third-order valence-corrected chi connectivity index (χ3v) is 3.57. The fraction of sp³-hybridized carbons (Fsp3) is 0.438. The van der Waals surface area contributed by atoms with Crippen LogP contribution < -0.4 is 11.1 Å². The Morgan fingerprint density at radius 2 is 2.21 bits per heavy atom. The van der Waals surface area contributed by atoms with Gasteiger partial charge in [0.25, 0.3) is 0 Å². The van der Waals surface area contributed by atoms with Crippen LogP contribution in [-0.2, 0) is 6.42 Å². The van der Waals surface area contributed by atoms with Crippen molar-refractivity contribution in [2.75, 3.05) is 17.6 Å². The van der Waals surface area contributed by atoms with Crippen molar-refractivity contribution in [2.24, 2.45) is 0 Å². The molecular weight excluding hydrogens is 234 g/mol. The molecule has 0 heterocycles. The number of rotatable bonds is 5. The van der Waals surface area contributed by atoms with Crippen LogP contribution in [0.25, 0.3) is 0 Å². The van der Waals surface area contributed by atoms with E-state index in [1.807, 2.05) is 18.2 Å². The first kappa shape index (κ1) is 13.5. The lowest BCUT2D eigenvalue weighted by Gasteiger charge is -2.14. The molecule has 2 rings (SSSR count). The van der Waals surface area contributed by atoms with Gasteiger partial charge in [-0.15, -0.1) is 0 Å². The number of benzene rings is 1. The summed E-state index contributed by atoms with van der Waals surface area (Å²) in [6.45, 7) is 0.946. The van der Waals surface area contributed by atoms with Gasteiger partial charge in [0.1, 0.15) is 0 Å². The molecule has 3 nitrogen and oxygen atoms in total. The molecule has 3 N–H and O–H groups in total. The molecule has 0 amide bonds. The average Bonchev–Trinajstić information content (AvgIpc) is 2.44. The van der Waals surface area contributed by atoms with Crippen LogP contribution in [0.4, 0.5) is 11.4 Å². The molecule has 0 aromatic heterocycles. The monoisotopic (exact) mass is 255 g/mol. The van der Waals surface area contributed by atoms with Crippen LogP contribution in [0.1, 0.15) is 37.7 Å². The second-order valence-electron chi connectivity index (χ2n) is 5.03. The summed E-state index contributed by atoms with van der Waals surface area (Å²) in [6, 6.07) is 7.97. The van der Waals surface area contributed by atoms with E-state index in [2.05, 4.69) is 17.5 Å². The van der Waals surface area contributed by atoms with Crippen LogP contribution in [0.15, 0.2) is 29.8 Å². The molecule has 0 saturated heterocycles. The summed E-state index contributed by atoms with van der Waals surface area (Å²) in [5, 5.41) is 12.2. The number of hydrogen-bond acceptors (Lipinski definition) is 3. The molecule has 100 valence electrons. The zero-order chi connectivity index (χ0) is 13.5. The number of nitriles is 1. The molecule has 1 aliphatic carbocycles. The van der Waals surface area contributed by atoms with Gasteiger partial charge in [-0.05, 0) is 55.9 Å². The second kappa shape index (κ2) is 6.84. The summed E-state index contributed by atoms with van der Waals surface area (Å²) in [5.41, 5.74) is 10.1. The molecule has 0 unspecified atom stereocenters. The smallest absolute Gasteiger partial charge is 0.0670 e. The first-order valence-corrected chi connectivity index (χ1v) is 6.97. The first-order valence-electron chi connectivity index (χ1n) is 6.97. The summed E-state index contributed by atoms with van der Waals surface area (Å²) in [6.07, 6.45) is 9.03. The number of nitrogens with zero attached hydrogens (tertiary/aromatic N) is 1. The van der Waals surface area contributed by atoms with Gasteiger partial charge in [-0.3, -0.25) is 0 Å². The topological polar surface area (TPSA) is 61.8 Å². The van der Waals surface area contributed by atoms with Crippen LogP contribution in [-0.4, -0.2) is 6.54 Å². The average molecular weight is 255 g/mol. The zero-order valence-corrected chi connectivity index (χ0v) is 11.3. The zero-order valence-electron chi connectivity index (χ0n) is 11.3. The number of hydrogen-bond donors (Lipinski definition) is 2. The Kier molecular flexibility index (Phi) is 4.85. The van der Waals surface area contributed by atoms with Crippen LogP contribution >= 0.6 is 0 Å². The van der Waals surface area contributed by atoms with E-state index < -0.39 is 0 Å². The molecule has 0 aliphatic heterocycles. The normalized spacial score (nSPS) is 14.6. The maximum absolute atomic E-state index is 8.75. The van der Waals surface area contributed by atoms with E-state index in [0.717, 1.165) is 24.2 Å². The summed E-state index contributed by atoms with van der Waals surface area (Å²) in [4.78, 5) is 0. The Bertz CT molecular complexity index is 497. The number of nitrogens with one attached hydrogen (secondary N) is 1. The minimum absolute atomic E-state index is 0.368. The largest absolute Gasteiger partial charge is 0.398 e. The van der Waals surface area contributed by atoms with Crippen LogP contribution in [0.5, 0.6) is 0 Å². The quantitative estimate of drug-likeness (QED) is 0.623. The lowest BCUT2D eigenvalue weighted by Crippen LogP contribution is -2.05. The van der Waals surface area contributed by atoms with E-state index in [9.17, 15) is 0 Å². The highest BCUT2D eigenvalue weighted by Gasteiger charge is 2.04. The number of nitrogens with two attached hydrogens (primary N) is 1. The maximum Gasteiger partial charge on any atom is 0.0670 e. The number of allylic oxidation sites excluding steroid dienone is 1. The van der Waals surface area contributed by atoms with Crippen LogP contribution in [0, 0.1) is 11.3 Å². The standard InChI is InChI=1S/C16H21N3/c17-10-8-14-12-15(6-7-16(14)18)19-11-9-13-4-2-1-3-5-13/h4,6-7,12,19H,1-3,5,8-9,11,18H2. The summed E-state index contributed by atoms with van der Waals surface area (Å²) >= 11 is 0. The molecule has 1 aromatic carbocycles. The van der Waals surface area contributed by atoms with Gasteiger partial charge >= 0.3 is 0 Å². The van der Waals surface area contributed by atoms with Crippen molar-refractivity contribution in [3.05, 3.63) is 35.4 Å². The van der Waals surface area contributed by atoms with Crippen molar-refractivity contribution < 1.29 is 0 Å². The van der Waals surface area contributed by atoms with Crippen molar-refractivity contribution in [1.82, 2.24) is 0 Å². The predicted octanol–water partition coefficient (Wildman–Crippen LogP) is 3.64. The molecule has 0 atom stereocenters. The Morgan fingerprint density at radius 3 is 2.95 bits per heavy atom. The molecule has 0 saturated carbocycles. The Labute approximate surface area is 115 Å². The third kappa shape index (κ3) is 4.03. The SMILES string of the molecule is N#CCc1cc(NCCC2=CCCCC2)ccc1N. The van der Waals surface area contributed by atoms with Gasteiger partial charge in [0.2, 0.25) is 0 Å². The summed E-state index contributed by atoms with van der Waals surface area (Å²) in [7, 11) is 0. The molecule has 0 radical (unpaired) electrons. The van der Waals surface area contributed by atoms with Gasteiger partial charge in [-0.2, -0.15) is 5.26 Å². The summed E-state index contributed by atoms with van der Waals surface area (Å²) in [5.74, 6) is 0. The molecule has 0 bridgehead atoms. The highest BCUT2D eigenvalue weighted by Crippen LogP contribution is 2.21. The molecule has 0 spiro atoms. The second-order valence-corrected chi connectivity index (χ2v) is 5.03. The highest BCUT2D eigenvalue weighted by atomic mass is 14.9. The molecule has 3 heteroatoms. The van der Waals surface area contributed by atoms with Gasteiger partial charge in [-0.25, -0.2) is 0 Å². The highest BCUT2D eigenvalue weighted by molar-refractivity contribution is 5.58. The summed E-state index contributed by atoms with van der Waals surface area (Å²) < 4.78 is 0. The molecular formula is C16H21N3. The van der Waals surface area contributed by atoms with Gasteiger partial charge in [-0.1, -0.05) is 11.6 Å². The third-order valence-electron chi connectivity index (χ3n) is 3.57. The molecule has 19 heavy (non-hydrogen) atoms. The van der Waals surface area contributed by atoms with Crippen molar-refractivity contribution in [1.29, 1.82) is 5.26 Å². The van der Waals surface area contributed by atoms with Gasteiger partial charge in [0.05, 0.1) is 12.5 Å². The van der Waals surface area contributed by atoms with E-state index in [-0.39, 0.29) is 0 Å². The van der Waals surface area contributed by atoms with Crippen LogP contribution in [0.3, 0.4) is 0 Å². The first-order chi connectivity index (χ1) is 9.29. The minimum atomic E-state index is 0.368. The van der Waals surface area contributed by atoms with Crippen molar-refractivity contribution in [3.63, 3.8) is 0 Å². The van der Waals surface area contributed by atoms with Crippen LogP contribution in [0.2, 0.25) is 0 Å². The van der Waals surface area contributed by atoms with Crippen molar-refractivity contribution in [3.8, 4) is 6.07 Å². The number of nitrogen functional groups attached to an aromatic ring is 1.